The second kappa shape index (κ2) is 3.38. The minimum Gasteiger partial charge on any atom is -0.481 e. The SMILES string of the molecule is CC(Cl)COC1(C)C(C(=O)O)C1(C)C. The number of alkyl halides is 1. The molecule has 1 fully saturated rings. The minimum atomic E-state index is -0.792. The molecule has 1 saturated carbocycles. The molecule has 0 bridgehead atoms. The lowest BCUT2D eigenvalue weighted by molar-refractivity contribution is -0.141. The molecular weight excluding hydrogens is 204 g/mol. The highest BCUT2D eigenvalue weighted by Crippen LogP contribution is 2.63. The Morgan fingerprint density at radius 2 is 2.07 bits per heavy atom. The molecule has 0 aromatic rings. The molecule has 3 nitrogen and oxygen atoms in total. The molecule has 0 radical (unpaired) electrons. The van der Waals surface area contributed by atoms with E-state index in [1.807, 2.05) is 27.7 Å². The number of carboxylic acid groups (broad SMARTS) is 1. The highest BCUT2D eigenvalue weighted by atomic mass is 35.5. The summed E-state index contributed by atoms with van der Waals surface area (Å²) >= 11 is 5.76. The molecule has 0 spiro atoms. The third-order valence-electron chi connectivity index (χ3n) is 3.33. The number of halogens is 1. The van der Waals surface area contributed by atoms with Gasteiger partial charge in [-0.25, -0.2) is 0 Å². The molecule has 1 rings (SSSR count). The van der Waals surface area contributed by atoms with E-state index in [0.717, 1.165) is 0 Å². The Balaban J connectivity index is 2.64. The average Bonchev–Trinajstić information content (AvgIpc) is 2.43. The van der Waals surface area contributed by atoms with Crippen molar-refractivity contribution in [1.82, 2.24) is 0 Å². The van der Waals surface area contributed by atoms with Crippen LogP contribution in [-0.2, 0) is 9.53 Å². The molecule has 4 heteroatoms. The summed E-state index contributed by atoms with van der Waals surface area (Å²) in [6.45, 7) is 7.88. The molecule has 14 heavy (non-hydrogen) atoms. The molecule has 0 saturated heterocycles. The van der Waals surface area contributed by atoms with E-state index in [2.05, 4.69) is 0 Å². The summed E-state index contributed by atoms with van der Waals surface area (Å²) in [5, 5.41) is 8.89. The van der Waals surface area contributed by atoms with E-state index in [-0.39, 0.29) is 10.8 Å². The Morgan fingerprint density at radius 3 is 2.36 bits per heavy atom. The maximum atomic E-state index is 10.9. The molecule has 3 atom stereocenters. The van der Waals surface area contributed by atoms with Gasteiger partial charge in [0.05, 0.1) is 23.5 Å². The van der Waals surface area contributed by atoms with Crippen molar-refractivity contribution in [1.29, 1.82) is 0 Å². The van der Waals surface area contributed by atoms with Crippen molar-refractivity contribution < 1.29 is 14.6 Å². The maximum absolute atomic E-state index is 10.9. The zero-order valence-corrected chi connectivity index (χ0v) is 9.76. The number of ether oxygens (including phenoxy) is 1. The Hall–Kier alpha value is -0.280. The van der Waals surface area contributed by atoms with E-state index in [4.69, 9.17) is 21.4 Å². The Morgan fingerprint density at radius 1 is 1.57 bits per heavy atom. The first-order valence-corrected chi connectivity index (χ1v) is 5.18. The third-order valence-corrected chi connectivity index (χ3v) is 3.45. The monoisotopic (exact) mass is 220 g/mol. The van der Waals surface area contributed by atoms with Crippen molar-refractivity contribution in [2.45, 2.75) is 38.7 Å². The van der Waals surface area contributed by atoms with Crippen LogP contribution in [0.3, 0.4) is 0 Å². The van der Waals surface area contributed by atoms with E-state index < -0.39 is 17.5 Å². The fourth-order valence-corrected chi connectivity index (χ4v) is 2.10. The van der Waals surface area contributed by atoms with Gasteiger partial charge in [0.1, 0.15) is 0 Å². The molecule has 1 aliphatic rings. The first kappa shape index (κ1) is 11.8. The molecular formula is C10H17ClO3. The number of aliphatic carboxylic acids is 1. The Bertz CT molecular complexity index is 250. The highest BCUT2D eigenvalue weighted by molar-refractivity contribution is 6.20. The van der Waals surface area contributed by atoms with Crippen molar-refractivity contribution in [3.8, 4) is 0 Å². The summed E-state index contributed by atoms with van der Waals surface area (Å²) < 4.78 is 5.58. The van der Waals surface area contributed by atoms with Crippen LogP contribution in [0.15, 0.2) is 0 Å². The lowest BCUT2D eigenvalue weighted by Gasteiger charge is -2.16. The van der Waals surface area contributed by atoms with Gasteiger partial charge >= 0.3 is 5.97 Å². The van der Waals surface area contributed by atoms with Crippen LogP contribution >= 0.6 is 11.6 Å². The minimum absolute atomic E-state index is 0.0855. The van der Waals surface area contributed by atoms with Crippen LogP contribution in [0.5, 0.6) is 0 Å². The Labute approximate surface area is 89.4 Å². The predicted molar refractivity (Wildman–Crippen MR) is 54.6 cm³/mol. The molecule has 0 aliphatic heterocycles. The summed E-state index contributed by atoms with van der Waals surface area (Å²) in [5.74, 6) is -1.22. The van der Waals surface area contributed by atoms with Gasteiger partial charge in [0, 0.05) is 5.41 Å². The fourth-order valence-electron chi connectivity index (χ4n) is 2.04. The maximum Gasteiger partial charge on any atom is 0.310 e. The Kier molecular flexibility index (Phi) is 2.85. The predicted octanol–water partition coefficient (Wildman–Crippen LogP) is 2.13. The van der Waals surface area contributed by atoms with Crippen LogP contribution in [0.2, 0.25) is 0 Å². The smallest absolute Gasteiger partial charge is 0.310 e. The van der Waals surface area contributed by atoms with E-state index in [1.165, 1.54) is 0 Å². The largest absolute Gasteiger partial charge is 0.481 e. The van der Waals surface area contributed by atoms with E-state index in [1.54, 1.807) is 0 Å². The standard InChI is InChI=1S/C10H17ClO3/c1-6(11)5-14-10(4)7(8(12)13)9(10,2)3/h6-7H,5H2,1-4H3,(H,12,13). The first-order chi connectivity index (χ1) is 6.23. The van der Waals surface area contributed by atoms with E-state index in [0.29, 0.717) is 6.61 Å². The van der Waals surface area contributed by atoms with Crippen molar-refractivity contribution in [2.24, 2.45) is 11.3 Å². The van der Waals surface area contributed by atoms with Gasteiger partial charge in [0.25, 0.3) is 0 Å². The lowest BCUT2D eigenvalue weighted by Crippen LogP contribution is -2.22. The van der Waals surface area contributed by atoms with E-state index >= 15 is 0 Å². The summed E-state index contributed by atoms with van der Waals surface area (Å²) in [5.41, 5.74) is -0.868. The van der Waals surface area contributed by atoms with Crippen LogP contribution in [0.1, 0.15) is 27.7 Å². The highest BCUT2D eigenvalue weighted by Gasteiger charge is 2.73. The molecule has 3 unspecified atom stereocenters. The van der Waals surface area contributed by atoms with Crippen molar-refractivity contribution in [2.75, 3.05) is 6.61 Å². The molecule has 1 N–H and O–H groups in total. The number of carbonyl (C=O) groups is 1. The number of hydrogen-bond acceptors (Lipinski definition) is 2. The van der Waals surface area contributed by atoms with Crippen molar-refractivity contribution in [3.63, 3.8) is 0 Å². The average molecular weight is 221 g/mol. The van der Waals surface area contributed by atoms with Crippen LogP contribution in [0.25, 0.3) is 0 Å². The van der Waals surface area contributed by atoms with E-state index in [9.17, 15) is 4.79 Å². The summed E-state index contributed by atoms with van der Waals surface area (Å²) in [6.07, 6.45) is 0. The topological polar surface area (TPSA) is 46.5 Å². The normalized spacial score (nSPS) is 36.5. The van der Waals surface area contributed by atoms with Gasteiger partial charge in [0.2, 0.25) is 0 Å². The summed E-state index contributed by atoms with van der Waals surface area (Å²) in [7, 11) is 0. The number of rotatable bonds is 4. The van der Waals surface area contributed by atoms with Crippen molar-refractivity contribution >= 4 is 17.6 Å². The van der Waals surface area contributed by atoms with Gasteiger partial charge in [-0.1, -0.05) is 13.8 Å². The van der Waals surface area contributed by atoms with Gasteiger partial charge in [-0.3, -0.25) is 4.79 Å². The van der Waals surface area contributed by atoms with Crippen LogP contribution in [-0.4, -0.2) is 28.7 Å². The molecule has 0 heterocycles. The second-order valence-electron chi connectivity index (χ2n) is 4.69. The van der Waals surface area contributed by atoms with Gasteiger partial charge in [-0.2, -0.15) is 0 Å². The van der Waals surface area contributed by atoms with Gasteiger partial charge in [0.15, 0.2) is 0 Å². The zero-order chi connectivity index (χ0) is 11.1. The van der Waals surface area contributed by atoms with Crippen LogP contribution in [0, 0.1) is 11.3 Å². The quantitative estimate of drug-likeness (QED) is 0.739. The van der Waals surface area contributed by atoms with Gasteiger partial charge < -0.3 is 9.84 Å². The van der Waals surface area contributed by atoms with Crippen LogP contribution in [0.4, 0.5) is 0 Å². The molecule has 0 aromatic heterocycles. The summed E-state index contributed by atoms with van der Waals surface area (Å²) in [4.78, 5) is 10.9. The fraction of sp³-hybridized carbons (Fsp3) is 0.900. The van der Waals surface area contributed by atoms with Crippen LogP contribution < -0.4 is 0 Å². The molecule has 1 aliphatic carbocycles. The summed E-state index contributed by atoms with van der Waals surface area (Å²) in [6, 6.07) is 0. The van der Waals surface area contributed by atoms with Gasteiger partial charge in [-0.15, -0.1) is 11.6 Å². The second-order valence-corrected chi connectivity index (χ2v) is 5.44. The molecule has 82 valence electrons. The third kappa shape index (κ3) is 1.63. The molecule has 0 amide bonds. The van der Waals surface area contributed by atoms with Gasteiger partial charge in [-0.05, 0) is 13.8 Å². The lowest BCUT2D eigenvalue weighted by atomic mass is 10.1. The molecule has 0 aromatic carbocycles. The first-order valence-electron chi connectivity index (χ1n) is 4.74. The zero-order valence-electron chi connectivity index (χ0n) is 9.00. The number of carboxylic acids is 1. The van der Waals surface area contributed by atoms with Crippen molar-refractivity contribution in [3.05, 3.63) is 0 Å². The number of hydrogen-bond donors (Lipinski definition) is 1.